The predicted octanol–water partition coefficient (Wildman–Crippen LogP) is 0.0536. The van der Waals surface area contributed by atoms with Crippen molar-refractivity contribution < 1.29 is 24.2 Å². The first-order chi connectivity index (χ1) is 11.5. The van der Waals surface area contributed by atoms with Crippen molar-refractivity contribution in [2.45, 2.75) is 12.5 Å². The number of anilines is 2. The van der Waals surface area contributed by atoms with Crippen LogP contribution in [0, 0.1) is 5.82 Å². The van der Waals surface area contributed by atoms with Crippen LogP contribution in [0.5, 0.6) is 0 Å². The number of hydrogen-bond acceptors (Lipinski definition) is 6. The summed E-state index contributed by atoms with van der Waals surface area (Å²) in [5, 5.41) is 21.4. The Morgan fingerprint density at radius 1 is 1.33 bits per heavy atom. The molecule has 0 saturated carbocycles. The first-order valence-corrected chi connectivity index (χ1v) is 7.68. The standard InChI is InChI=1S/C16H18FN3O4/c17-11-2-1-3-12(15(11)19-5-4-10(22)9-19)18-13-8-14(23)20(6-7-21)16(13)24/h1-3,8,10,18,21-22H,4-7,9H2. The van der Waals surface area contributed by atoms with Gasteiger partial charge in [0.1, 0.15) is 11.5 Å². The van der Waals surface area contributed by atoms with Crippen LogP contribution in [-0.2, 0) is 9.59 Å². The van der Waals surface area contributed by atoms with Crippen molar-refractivity contribution in [1.29, 1.82) is 0 Å². The summed E-state index contributed by atoms with van der Waals surface area (Å²) in [5.74, 6) is -1.56. The summed E-state index contributed by atoms with van der Waals surface area (Å²) in [7, 11) is 0. The van der Waals surface area contributed by atoms with Crippen LogP contribution in [0.4, 0.5) is 15.8 Å². The average Bonchev–Trinajstić information content (AvgIpc) is 3.07. The van der Waals surface area contributed by atoms with E-state index in [1.54, 1.807) is 11.0 Å². The zero-order chi connectivity index (χ0) is 17.3. The van der Waals surface area contributed by atoms with Crippen molar-refractivity contribution in [3.05, 3.63) is 35.8 Å². The normalized spacial score (nSPS) is 20.8. The summed E-state index contributed by atoms with van der Waals surface area (Å²) in [6.45, 7) is 0.390. The van der Waals surface area contributed by atoms with Gasteiger partial charge in [0.05, 0.1) is 30.6 Å². The van der Waals surface area contributed by atoms with Crippen molar-refractivity contribution >= 4 is 23.2 Å². The van der Waals surface area contributed by atoms with Crippen molar-refractivity contribution in [1.82, 2.24) is 4.90 Å². The van der Waals surface area contributed by atoms with E-state index in [9.17, 15) is 19.1 Å². The molecule has 2 amide bonds. The number of carbonyl (C=O) groups excluding carboxylic acids is 2. The van der Waals surface area contributed by atoms with Crippen LogP contribution < -0.4 is 10.2 Å². The van der Waals surface area contributed by atoms with E-state index in [-0.39, 0.29) is 24.5 Å². The van der Waals surface area contributed by atoms with Crippen LogP contribution in [-0.4, -0.2) is 59.3 Å². The SMILES string of the molecule is O=C1C=C(Nc2cccc(F)c2N2CCC(O)C2)C(=O)N1CCO. The van der Waals surface area contributed by atoms with E-state index in [2.05, 4.69) is 5.32 Å². The summed E-state index contributed by atoms with van der Waals surface area (Å²) in [6, 6.07) is 4.41. The Hall–Kier alpha value is -2.45. The minimum atomic E-state index is -0.564. The highest BCUT2D eigenvalue weighted by molar-refractivity contribution is 6.17. The molecule has 1 atom stereocenters. The van der Waals surface area contributed by atoms with E-state index in [4.69, 9.17) is 5.11 Å². The van der Waals surface area contributed by atoms with Crippen LogP contribution in [0.3, 0.4) is 0 Å². The molecule has 0 spiro atoms. The number of hydrogen-bond donors (Lipinski definition) is 3. The fraction of sp³-hybridized carbons (Fsp3) is 0.375. The van der Waals surface area contributed by atoms with Crippen molar-refractivity contribution in [2.75, 3.05) is 36.5 Å². The summed E-state index contributed by atoms with van der Waals surface area (Å²) in [6.07, 6.45) is 1.15. The number of halogens is 1. The first kappa shape index (κ1) is 16.4. The van der Waals surface area contributed by atoms with Gasteiger partial charge in [-0.25, -0.2) is 4.39 Å². The van der Waals surface area contributed by atoms with Gasteiger partial charge in [-0.05, 0) is 18.6 Å². The molecule has 1 aromatic rings. The number of amides is 2. The number of carbonyl (C=O) groups is 2. The molecule has 2 aliphatic rings. The van der Waals surface area contributed by atoms with Gasteiger partial charge in [0.2, 0.25) is 0 Å². The minimum absolute atomic E-state index is 0.0278. The van der Waals surface area contributed by atoms with Crippen LogP contribution in [0.15, 0.2) is 30.0 Å². The number of nitrogens with one attached hydrogen (secondary N) is 1. The van der Waals surface area contributed by atoms with E-state index in [0.717, 1.165) is 11.0 Å². The summed E-state index contributed by atoms with van der Waals surface area (Å²) in [5.41, 5.74) is 0.637. The van der Waals surface area contributed by atoms with Gasteiger partial charge in [-0.1, -0.05) is 6.07 Å². The fourth-order valence-corrected chi connectivity index (χ4v) is 2.94. The molecule has 3 rings (SSSR count). The Bertz CT molecular complexity index is 707. The third-order valence-corrected chi connectivity index (χ3v) is 4.07. The monoisotopic (exact) mass is 335 g/mol. The second-order valence-electron chi connectivity index (χ2n) is 5.73. The van der Waals surface area contributed by atoms with Gasteiger partial charge < -0.3 is 20.4 Å². The first-order valence-electron chi connectivity index (χ1n) is 7.68. The van der Waals surface area contributed by atoms with E-state index in [1.807, 2.05) is 0 Å². The van der Waals surface area contributed by atoms with Gasteiger partial charge in [-0.15, -0.1) is 0 Å². The Morgan fingerprint density at radius 2 is 2.12 bits per heavy atom. The van der Waals surface area contributed by atoms with Gasteiger partial charge in [0.25, 0.3) is 11.8 Å². The molecule has 7 nitrogen and oxygen atoms in total. The molecule has 0 aromatic heterocycles. The average molecular weight is 335 g/mol. The van der Waals surface area contributed by atoms with Crippen LogP contribution in [0.2, 0.25) is 0 Å². The maximum atomic E-state index is 14.3. The summed E-state index contributed by atoms with van der Waals surface area (Å²) in [4.78, 5) is 26.6. The van der Waals surface area contributed by atoms with E-state index in [0.29, 0.717) is 25.2 Å². The summed E-state index contributed by atoms with van der Waals surface area (Å²) >= 11 is 0. The fourth-order valence-electron chi connectivity index (χ4n) is 2.94. The van der Waals surface area contributed by atoms with Crippen molar-refractivity contribution in [3.8, 4) is 0 Å². The molecule has 2 aliphatic heterocycles. The lowest BCUT2D eigenvalue weighted by Gasteiger charge is -2.23. The molecule has 1 aromatic carbocycles. The third-order valence-electron chi connectivity index (χ3n) is 4.07. The molecule has 0 radical (unpaired) electrons. The molecule has 3 N–H and O–H groups in total. The number of para-hydroxylation sites is 1. The van der Waals surface area contributed by atoms with Crippen LogP contribution in [0.1, 0.15) is 6.42 Å². The van der Waals surface area contributed by atoms with Crippen LogP contribution >= 0.6 is 0 Å². The molecule has 128 valence electrons. The quantitative estimate of drug-likeness (QED) is 0.659. The second kappa shape index (κ2) is 6.58. The topological polar surface area (TPSA) is 93.1 Å². The molecule has 0 aliphatic carbocycles. The molecular formula is C16H18FN3O4. The molecule has 8 heteroatoms. The van der Waals surface area contributed by atoms with E-state index in [1.165, 1.54) is 12.1 Å². The smallest absolute Gasteiger partial charge is 0.277 e. The molecule has 24 heavy (non-hydrogen) atoms. The predicted molar refractivity (Wildman–Crippen MR) is 84.7 cm³/mol. The molecule has 2 heterocycles. The number of aliphatic hydroxyl groups is 2. The Kier molecular flexibility index (Phi) is 4.50. The van der Waals surface area contributed by atoms with Gasteiger partial charge >= 0.3 is 0 Å². The van der Waals surface area contributed by atoms with Crippen molar-refractivity contribution in [2.24, 2.45) is 0 Å². The van der Waals surface area contributed by atoms with Gasteiger partial charge in [-0.2, -0.15) is 0 Å². The minimum Gasteiger partial charge on any atom is -0.395 e. The zero-order valence-corrected chi connectivity index (χ0v) is 12.9. The molecule has 1 unspecified atom stereocenters. The third kappa shape index (κ3) is 2.98. The molecular weight excluding hydrogens is 317 g/mol. The zero-order valence-electron chi connectivity index (χ0n) is 12.9. The second-order valence-corrected chi connectivity index (χ2v) is 5.73. The number of nitrogens with zero attached hydrogens (tertiary/aromatic N) is 2. The number of imide groups is 1. The highest BCUT2D eigenvalue weighted by atomic mass is 19.1. The van der Waals surface area contributed by atoms with Crippen LogP contribution in [0.25, 0.3) is 0 Å². The van der Waals surface area contributed by atoms with Crippen molar-refractivity contribution in [3.63, 3.8) is 0 Å². The maximum Gasteiger partial charge on any atom is 0.277 e. The highest BCUT2D eigenvalue weighted by Crippen LogP contribution is 2.33. The Balaban J connectivity index is 1.86. The molecule has 1 fully saturated rings. The lowest BCUT2D eigenvalue weighted by molar-refractivity contribution is -0.137. The number of benzene rings is 1. The molecule has 1 saturated heterocycles. The maximum absolute atomic E-state index is 14.3. The Morgan fingerprint density at radius 3 is 2.79 bits per heavy atom. The van der Waals surface area contributed by atoms with Gasteiger partial charge in [0, 0.05) is 19.2 Å². The van der Waals surface area contributed by atoms with E-state index >= 15 is 0 Å². The van der Waals surface area contributed by atoms with Gasteiger partial charge in [0.15, 0.2) is 0 Å². The summed E-state index contributed by atoms with van der Waals surface area (Å²) < 4.78 is 14.3. The molecule has 0 bridgehead atoms. The number of rotatable bonds is 5. The lowest BCUT2D eigenvalue weighted by Crippen LogP contribution is -2.34. The largest absolute Gasteiger partial charge is 0.395 e. The van der Waals surface area contributed by atoms with Gasteiger partial charge in [-0.3, -0.25) is 14.5 Å². The lowest BCUT2D eigenvalue weighted by atomic mass is 10.2. The number of β-amino-alcohol motifs (C(OH)–C–C–N with tert-alkyl or cyclic N) is 2. The number of aliphatic hydroxyl groups excluding tert-OH is 2. The Labute approximate surface area is 138 Å². The highest BCUT2D eigenvalue weighted by Gasteiger charge is 2.32. The van der Waals surface area contributed by atoms with E-state index < -0.39 is 23.7 Å².